The first-order chi connectivity index (χ1) is 7.69. The Labute approximate surface area is 93.1 Å². The summed E-state index contributed by atoms with van der Waals surface area (Å²) in [6.45, 7) is 3.89. The minimum Gasteiger partial charge on any atom is -0.471 e. The van der Waals surface area contributed by atoms with Crippen LogP contribution in [0.15, 0.2) is 6.33 Å². The van der Waals surface area contributed by atoms with Crippen molar-refractivity contribution in [1.29, 1.82) is 0 Å². The maximum atomic E-state index is 12.0. The van der Waals surface area contributed by atoms with Crippen molar-refractivity contribution in [2.24, 2.45) is 0 Å². The van der Waals surface area contributed by atoms with E-state index in [1.165, 1.54) is 6.33 Å². The van der Waals surface area contributed by atoms with E-state index in [0.29, 0.717) is 18.8 Å². The van der Waals surface area contributed by atoms with Gasteiger partial charge in [0.25, 0.3) is 6.43 Å². The minimum absolute atomic E-state index is 0.230. The predicted octanol–water partition coefficient (Wildman–Crippen LogP) is 2.11. The summed E-state index contributed by atoms with van der Waals surface area (Å²) in [6.07, 6.45) is -0.568. The molecule has 0 fully saturated rings. The molecule has 0 unspecified atom stereocenters. The Morgan fingerprint density at radius 2 is 2.12 bits per heavy atom. The summed E-state index contributed by atoms with van der Waals surface area (Å²) in [5.74, 6) is 0.873. The van der Waals surface area contributed by atoms with Crippen LogP contribution in [0.5, 0.6) is 5.88 Å². The third kappa shape index (κ3) is 3.29. The van der Waals surface area contributed by atoms with Gasteiger partial charge in [0, 0.05) is 6.54 Å². The van der Waals surface area contributed by atoms with Gasteiger partial charge in [-0.15, -0.1) is 0 Å². The molecule has 1 aromatic heterocycles. The van der Waals surface area contributed by atoms with E-state index in [9.17, 15) is 8.78 Å². The lowest BCUT2D eigenvalue weighted by Crippen LogP contribution is -2.12. The highest BCUT2D eigenvalue weighted by atomic mass is 19.3. The normalized spacial score (nSPS) is 10.6. The third-order valence-corrected chi connectivity index (χ3v) is 1.95. The maximum Gasteiger partial charge on any atom is 0.272 e. The number of halogens is 2. The van der Waals surface area contributed by atoms with E-state index in [2.05, 4.69) is 15.3 Å². The molecule has 0 saturated heterocycles. The lowest BCUT2D eigenvalue weighted by atomic mass is 10.2. The zero-order valence-corrected chi connectivity index (χ0v) is 9.33. The number of aromatic nitrogens is 2. The van der Waals surface area contributed by atoms with Crippen LogP contribution in [0.2, 0.25) is 0 Å². The average molecular weight is 231 g/mol. The average Bonchev–Trinajstić information content (AvgIpc) is 2.27. The lowest BCUT2D eigenvalue weighted by Gasteiger charge is -2.12. The van der Waals surface area contributed by atoms with Gasteiger partial charge in [0.1, 0.15) is 12.1 Å². The molecule has 0 amide bonds. The van der Waals surface area contributed by atoms with Crippen LogP contribution in [0.25, 0.3) is 0 Å². The fourth-order valence-electron chi connectivity index (χ4n) is 1.30. The summed E-state index contributed by atoms with van der Waals surface area (Å²) >= 11 is 0. The largest absolute Gasteiger partial charge is 0.471 e. The second-order valence-electron chi connectivity index (χ2n) is 3.09. The molecule has 0 atom stereocenters. The number of hydrogen-bond acceptors (Lipinski definition) is 4. The molecule has 0 aliphatic carbocycles. The Hall–Kier alpha value is -1.46. The van der Waals surface area contributed by atoms with Gasteiger partial charge in [-0.2, -0.15) is 0 Å². The molecule has 1 heterocycles. The molecule has 0 bridgehead atoms. The quantitative estimate of drug-likeness (QED) is 0.814. The van der Waals surface area contributed by atoms with Crippen LogP contribution < -0.4 is 10.1 Å². The van der Waals surface area contributed by atoms with Gasteiger partial charge in [-0.05, 0) is 13.3 Å². The van der Waals surface area contributed by atoms with Crippen LogP contribution in [0, 0.1) is 0 Å². The molecule has 1 rings (SSSR count). The van der Waals surface area contributed by atoms with Crippen LogP contribution in [0.3, 0.4) is 0 Å². The molecular weight excluding hydrogens is 216 g/mol. The second-order valence-corrected chi connectivity index (χ2v) is 3.09. The van der Waals surface area contributed by atoms with Crippen LogP contribution >= 0.6 is 0 Å². The van der Waals surface area contributed by atoms with Crippen molar-refractivity contribution in [1.82, 2.24) is 9.97 Å². The summed E-state index contributed by atoms with van der Waals surface area (Å²) in [5.41, 5.74) is 0.727. The number of alkyl halides is 2. The van der Waals surface area contributed by atoms with Gasteiger partial charge >= 0.3 is 0 Å². The van der Waals surface area contributed by atoms with Gasteiger partial charge in [0.05, 0.1) is 5.56 Å². The number of hydrogen-bond donors (Lipinski definition) is 1. The van der Waals surface area contributed by atoms with Crippen LogP contribution in [-0.2, 0) is 6.42 Å². The van der Waals surface area contributed by atoms with Gasteiger partial charge in [-0.1, -0.05) is 6.92 Å². The van der Waals surface area contributed by atoms with Gasteiger partial charge in [0.15, 0.2) is 6.61 Å². The number of rotatable bonds is 6. The second kappa shape index (κ2) is 6.19. The van der Waals surface area contributed by atoms with Gasteiger partial charge in [-0.3, -0.25) is 0 Å². The molecule has 0 aromatic carbocycles. The Bertz CT molecular complexity index is 334. The number of nitrogens with zero attached hydrogens (tertiary/aromatic N) is 2. The first kappa shape index (κ1) is 12.6. The lowest BCUT2D eigenvalue weighted by molar-refractivity contribution is 0.0790. The molecule has 4 nitrogen and oxygen atoms in total. The summed E-state index contributed by atoms with van der Waals surface area (Å²) in [4.78, 5) is 7.90. The van der Waals surface area contributed by atoms with E-state index in [1.807, 2.05) is 13.8 Å². The molecule has 1 N–H and O–H groups in total. The van der Waals surface area contributed by atoms with Crippen molar-refractivity contribution in [3.8, 4) is 5.88 Å². The summed E-state index contributed by atoms with van der Waals surface area (Å²) < 4.78 is 29.0. The van der Waals surface area contributed by atoms with Crippen molar-refractivity contribution in [2.45, 2.75) is 26.7 Å². The number of ether oxygens (including phenoxy) is 1. The fraction of sp³-hybridized carbons (Fsp3) is 0.600. The van der Waals surface area contributed by atoms with Crippen molar-refractivity contribution >= 4 is 5.82 Å². The number of nitrogens with one attached hydrogen (secondary N) is 1. The highest BCUT2D eigenvalue weighted by Crippen LogP contribution is 2.22. The smallest absolute Gasteiger partial charge is 0.272 e. The molecule has 6 heteroatoms. The molecule has 0 aliphatic heterocycles. The third-order valence-electron chi connectivity index (χ3n) is 1.95. The van der Waals surface area contributed by atoms with Crippen LogP contribution in [-0.4, -0.2) is 29.5 Å². The van der Waals surface area contributed by atoms with Crippen molar-refractivity contribution < 1.29 is 13.5 Å². The molecule has 0 radical (unpaired) electrons. The Balaban J connectivity index is 2.85. The van der Waals surface area contributed by atoms with Crippen LogP contribution in [0.4, 0.5) is 14.6 Å². The first-order valence-corrected chi connectivity index (χ1v) is 5.17. The van der Waals surface area contributed by atoms with E-state index in [4.69, 9.17) is 4.74 Å². The maximum absolute atomic E-state index is 12.0. The Morgan fingerprint density at radius 1 is 1.38 bits per heavy atom. The highest BCUT2D eigenvalue weighted by Gasteiger charge is 2.12. The van der Waals surface area contributed by atoms with Crippen molar-refractivity contribution in [3.63, 3.8) is 0 Å². The van der Waals surface area contributed by atoms with Gasteiger partial charge < -0.3 is 10.1 Å². The Morgan fingerprint density at radius 3 is 2.69 bits per heavy atom. The zero-order valence-electron chi connectivity index (χ0n) is 9.33. The SMILES string of the molecule is CCNc1ncnc(OCC(F)F)c1CC. The first-order valence-electron chi connectivity index (χ1n) is 5.17. The molecule has 90 valence electrons. The monoisotopic (exact) mass is 231 g/mol. The molecular formula is C10H15F2N3O. The summed E-state index contributed by atoms with van der Waals surface area (Å²) in [5, 5.41) is 3.04. The zero-order chi connectivity index (χ0) is 12.0. The number of anilines is 1. The molecule has 1 aromatic rings. The minimum atomic E-state index is -2.50. The van der Waals surface area contributed by atoms with Gasteiger partial charge in [-0.25, -0.2) is 18.7 Å². The Kier molecular flexibility index (Phi) is 4.88. The highest BCUT2D eigenvalue weighted by molar-refractivity contribution is 5.48. The van der Waals surface area contributed by atoms with E-state index < -0.39 is 13.0 Å². The van der Waals surface area contributed by atoms with E-state index >= 15 is 0 Å². The fourth-order valence-corrected chi connectivity index (χ4v) is 1.30. The van der Waals surface area contributed by atoms with Gasteiger partial charge in [0.2, 0.25) is 5.88 Å². The molecule has 0 spiro atoms. The molecule has 0 saturated carbocycles. The molecule has 16 heavy (non-hydrogen) atoms. The van der Waals surface area contributed by atoms with E-state index in [0.717, 1.165) is 5.56 Å². The van der Waals surface area contributed by atoms with Crippen molar-refractivity contribution in [3.05, 3.63) is 11.9 Å². The standard InChI is InChI=1S/C10H15F2N3O/c1-3-7-9(13-4-2)14-6-15-10(7)16-5-8(11)12/h6,8H,3-5H2,1-2H3,(H,13,14,15). The van der Waals surface area contributed by atoms with Crippen molar-refractivity contribution in [2.75, 3.05) is 18.5 Å². The topological polar surface area (TPSA) is 47.0 Å². The predicted molar refractivity (Wildman–Crippen MR) is 57.1 cm³/mol. The summed E-state index contributed by atoms with van der Waals surface area (Å²) in [7, 11) is 0. The summed E-state index contributed by atoms with van der Waals surface area (Å²) in [6, 6.07) is 0. The van der Waals surface area contributed by atoms with E-state index in [1.54, 1.807) is 0 Å². The van der Waals surface area contributed by atoms with E-state index in [-0.39, 0.29) is 5.88 Å². The molecule has 0 aliphatic rings. The van der Waals surface area contributed by atoms with Crippen LogP contribution in [0.1, 0.15) is 19.4 Å².